The van der Waals surface area contributed by atoms with Crippen LogP contribution < -0.4 is 0 Å². The Hall–Kier alpha value is -1.23. The quantitative estimate of drug-likeness (QED) is 0.751. The van der Waals surface area contributed by atoms with Crippen LogP contribution in [0.2, 0.25) is 0 Å². The Morgan fingerprint density at radius 1 is 1.35 bits per heavy atom. The summed E-state index contributed by atoms with van der Waals surface area (Å²) in [5.41, 5.74) is 0. The van der Waals surface area contributed by atoms with E-state index < -0.39 is 32.1 Å². The van der Waals surface area contributed by atoms with Gasteiger partial charge in [0.1, 0.15) is 6.07 Å². The maximum atomic E-state index is 12.5. The second-order valence-electron chi connectivity index (χ2n) is 5.05. The number of sulfone groups is 1. The number of nitrogens with zero attached hydrogens (tertiary/aromatic N) is 2. The van der Waals surface area contributed by atoms with Gasteiger partial charge in [-0.25, -0.2) is 8.42 Å². The summed E-state index contributed by atoms with van der Waals surface area (Å²) in [6, 6.07) is 1.62. The number of rotatable bonds is 3. The number of alkyl halides is 3. The summed E-state index contributed by atoms with van der Waals surface area (Å²) in [7, 11) is -3.69. The summed E-state index contributed by atoms with van der Waals surface area (Å²) >= 11 is 0. The minimum absolute atomic E-state index is 0.0829. The molecule has 1 saturated heterocycles. The predicted octanol–water partition coefficient (Wildman–Crippen LogP) is 2.45. The van der Waals surface area contributed by atoms with Gasteiger partial charge in [0.15, 0.2) is 14.7 Å². The monoisotopic (exact) mass is 310 g/mol. The van der Waals surface area contributed by atoms with Crippen molar-refractivity contribution in [2.24, 2.45) is 5.92 Å². The molecule has 20 heavy (non-hydrogen) atoms. The van der Waals surface area contributed by atoms with Crippen molar-refractivity contribution in [2.75, 3.05) is 13.1 Å². The standard InChI is InChI=1S/C12H17F3N2O2S/c1-9(2)20(18,19)11(7-16)8-17-5-3-10(4-6-17)12(13,14)15/h8-10H,3-6H2,1-2H3/b11-8+. The minimum atomic E-state index is -4.21. The van der Waals surface area contributed by atoms with Crippen LogP contribution in [0.1, 0.15) is 26.7 Å². The SMILES string of the molecule is CC(C)S(=O)(=O)/C(C#N)=C/N1CCC(C(F)(F)F)CC1. The third-order valence-corrected chi connectivity index (χ3v) is 5.38. The lowest BCUT2D eigenvalue weighted by atomic mass is 9.97. The smallest absolute Gasteiger partial charge is 0.376 e. The maximum Gasteiger partial charge on any atom is 0.391 e. The molecule has 0 bridgehead atoms. The third kappa shape index (κ3) is 3.88. The lowest BCUT2D eigenvalue weighted by molar-refractivity contribution is -0.183. The molecule has 0 unspecified atom stereocenters. The van der Waals surface area contributed by atoms with Crippen molar-refractivity contribution in [3.63, 3.8) is 0 Å². The van der Waals surface area contributed by atoms with Gasteiger partial charge in [0.2, 0.25) is 0 Å². The highest BCUT2D eigenvalue weighted by atomic mass is 32.2. The van der Waals surface area contributed by atoms with Crippen molar-refractivity contribution in [3.8, 4) is 6.07 Å². The second kappa shape index (κ2) is 6.04. The fraction of sp³-hybridized carbons (Fsp3) is 0.750. The topological polar surface area (TPSA) is 61.2 Å². The minimum Gasteiger partial charge on any atom is -0.376 e. The van der Waals surface area contributed by atoms with E-state index in [4.69, 9.17) is 5.26 Å². The number of hydrogen-bond donors (Lipinski definition) is 0. The summed E-state index contributed by atoms with van der Waals surface area (Å²) in [4.78, 5) is 1.08. The number of nitriles is 1. The van der Waals surface area contributed by atoms with E-state index in [9.17, 15) is 21.6 Å². The molecule has 0 saturated carbocycles. The van der Waals surface area contributed by atoms with E-state index in [-0.39, 0.29) is 25.9 Å². The molecule has 0 aromatic rings. The fourth-order valence-electron chi connectivity index (χ4n) is 1.94. The van der Waals surface area contributed by atoms with Crippen molar-refractivity contribution < 1.29 is 21.6 Å². The molecule has 0 aliphatic carbocycles. The van der Waals surface area contributed by atoms with Crippen LogP contribution in [0.4, 0.5) is 13.2 Å². The molecule has 1 aliphatic rings. The fourth-order valence-corrected chi connectivity index (χ4v) is 2.87. The van der Waals surface area contributed by atoms with E-state index in [0.717, 1.165) is 0 Å². The first-order chi connectivity index (χ1) is 9.09. The zero-order valence-corrected chi connectivity index (χ0v) is 12.1. The average molecular weight is 310 g/mol. The van der Waals surface area contributed by atoms with Gasteiger partial charge in [-0.05, 0) is 26.7 Å². The normalized spacial score (nSPS) is 19.2. The van der Waals surface area contributed by atoms with Gasteiger partial charge in [-0.3, -0.25) is 0 Å². The van der Waals surface area contributed by atoms with Crippen molar-refractivity contribution >= 4 is 9.84 Å². The Balaban J connectivity index is 2.80. The van der Waals surface area contributed by atoms with Gasteiger partial charge >= 0.3 is 6.18 Å². The first-order valence-corrected chi connectivity index (χ1v) is 7.80. The van der Waals surface area contributed by atoms with Crippen LogP contribution >= 0.6 is 0 Å². The molecule has 114 valence electrons. The average Bonchev–Trinajstić information content (AvgIpc) is 2.35. The van der Waals surface area contributed by atoms with Crippen LogP contribution in [0.15, 0.2) is 11.1 Å². The van der Waals surface area contributed by atoms with E-state index in [1.165, 1.54) is 24.9 Å². The number of piperidine rings is 1. The lowest BCUT2D eigenvalue weighted by Gasteiger charge is -2.32. The predicted molar refractivity (Wildman–Crippen MR) is 68.1 cm³/mol. The van der Waals surface area contributed by atoms with E-state index >= 15 is 0 Å². The zero-order valence-electron chi connectivity index (χ0n) is 11.3. The summed E-state index contributed by atoms with van der Waals surface area (Å²) in [6.07, 6.45) is -3.21. The molecule has 0 N–H and O–H groups in total. The summed E-state index contributed by atoms with van der Waals surface area (Å²) < 4.78 is 61.3. The molecule has 8 heteroatoms. The van der Waals surface area contributed by atoms with Crippen LogP contribution in [0.25, 0.3) is 0 Å². The number of likely N-dealkylation sites (tertiary alicyclic amines) is 1. The lowest BCUT2D eigenvalue weighted by Crippen LogP contribution is -2.36. The molecule has 4 nitrogen and oxygen atoms in total. The molecule has 0 amide bonds. The van der Waals surface area contributed by atoms with Gasteiger partial charge in [0, 0.05) is 19.3 Å². The van der Waals surface area contributed by atoms with E-state index in [2.05, 4.69) is 0 Å². The Labute approximate surface area is 116 Å². The first kappa shape index (κ1) is 16.8. The highest BCUT2D eigenvalue weighted by molar-refractivity contribution is 7.96. The molecule has 0 aromatic carbocycles. The highest BCUT2D eigenvalue weighted by Crippen LogP contribution is 2.34. The number of hydrogen-bond acceptors (Lipinski definition) is 4. The molecule has 0 radical (unpaired) electrons. The Morgan fingerprint density at radius 3 is 2.20 bits per heavy atom. The summed E-state index contributed by atoms with van der Waals surface area (Å²) in [5, 5.41) is 8.18. The Kier molecular flexibility index (Phi) is 5.08. The van der Waals surface area contributed by atoms with Crippen molar-refractivity contribution in [2.45, 2.75) is 38.1 Å². The van der Waals surface area contributed by atoms with E-state index in [1.807, 2.05) is 0 Å². The van der Waals surface area contributed by atoms with Crippen LogP contribution in [-0.4, -0.2) is 37.8 Å². The largest absolute Gasteiger partial charge is 0.391 e. The molecule has 1 rings (SSSR count). The summed E-state index contributed by atoms with van der Waals surface area (Å²) in [5.74, 6) is -1.35. The van der Waals surface area contributed by atoms with Gasteiger partial charge in [0.25, 0.3) is 0 Å². The molecule has 0 spiro atoms. The van der Waals surface area contributed by atoms with Crippen LogP contribution in [0.3, 0.4) is 0 Å². The second-order valence-corrected chi connectivity index (χ2v) is 7.52. The summed E-state index contributed by atoms with van der Waals surface area (Å²) in [6.45, 7) is 3.11. The van der Waals surface area contributed by atoms with Crippen LogP contribution in [0, 0.1) is 17.2 Å². The van der Waals surface area contributed by atoms with Crippen LogP contribution in [0.5, 0.6) is 0 Å². The Morgan fingerprint density at radius 2 is 1.85 bits per heavy atom. The van der Waals surface area contributed by atoms with Gasteiger partial charge in [-0.1, -0.05) is 0 Å². The van der Waals surface area contributed by atoms with Crippen molar-refractivity contribution in [3.05, 3.63) is 11.1 Å². The maximum absolute atomic E-state index is 12.5. The first-order valence-electron chi connectivity index (χ1n) is 6.25. The van der Waals surface area contributed by atoms with E-state index in [0.29, 0.717) is 0 Å². The molecule has 0 aromatic heterocycles. The van der Waals surface area contributed by atoms with Crippen molar-refractivity contribution in [1.29, 1.82) is 5.26 Å². The molecule has 1 fully saturated rings. The van der Waals surface area contributed by atoms with E-state index in [1.54, 1.807) is 6.07 Å². The van der Waals surface area contributed by atoms with Gasteiger partial charge in [-0.2, -0.15) is 18.4 Å². The third-order valence-electron chi connectivity index (χ3n) is 3.33. The molecular weight excluding hydrogens is 293 g/mol. The zero-order chi connectivity index (χ0) is 15.6. The van der Waals surface area contributed by atoms with Crippen molar-refractivity contribution in [1.82, 2.24) is 4.90 Å². The van der Waals surface area contributed by atoms with Gasteiger partial charge in [-0.15, -0.1) is 0 Å². The van der Waals surface area contributed by atoms with Crippen LogP contribution in [-0.2, 0) is 9.84 Å². The number of allylic oxidation sites excluding steroid dienone is 1. The number of halogens is 3. The molecule has 0 atom stereocenters. The molecule has 1 aliphatic heterocycles. The Bertz CT molecular complexity index is 510. The van der Waals surface area contributed by atoms with Gasteiger partial charge in [0.05, 0.1) is 11.2 Å². The molecule has 1 heterocycles. The molecular formula is C12H17F3N2O2S. The highest BCUT2D eigenvalue weighted by Gasteiger charge is 2.40. The van der Waals surface area contributed by atoms with Gasteiger partial charge < -0.3 is 4.90 Å².